The molecule has 1 amide bonds. The quantitative estimate of drug-likeness (QED) is 0.478. The van der Waals surface area contributed by atoms with E-state index < -0.39 is 10.0 Å². The van der Waals surface area contributed by atoms with Crippen molar-refractivity contribution in [3.8, 4) is 5.75 Å². The van der Waals surface area contributed by atoms with Gasteiger partial charge < -0.3 is 10.1 Å². The number of anilines is 3. The average Bonchev–Trinajstić information content (AvgIpc) is 3.27. The van der Waals surface area contributed by atoms with Gasteiger partial charge in [-0.25, -0.2) is 8.42 Å². The minimum Gasteiger partial charge on any atom is -0.495 e. The van der Waals surface area contributed by atoms with Crippen LogP contribution in [0.4, 0.5) is 17.1 Å². The van der Waals surface area contributed by atoms with Crippen molar-refractivity contribution < 1.29 is 17.9 Å². The predicted octanol–water partition coefficient (Wildman–Crippen LogP) is 4.99. The first kappa shape index (κ1) is 23.6. The minimum absolute atomic E-state index is 0.128. The Bertz CT molecular complexity index is 1360. The smallest absolute Gasteiger partial charge is 0.265 e. The number of hydrogen-bond donors (Lipinski definition) is 2. The molecule has 4 rings (SSSR count). The van der Waals surface area contributed by atoms with Gasteiger partial charge in [-0.3, -0.25) is 14.5 Å². The van der Waals surface area contributed by atoms with Gasteiger partial charge in [0.1, 0.15) is 10.6 Å². The lowest BCUT2D eigenvalue weighted by atomic mass is 10.2. The van der Waals surface area contributed by atoms with Gasteiger partial charge in [0.15, 0.2) is 0 Å². The van der Waals surface area contributed by atoms with Gasteiger partial charge in [-0.05, 0) is 61.5 Å². The Morgan fingerprint density at radius 3 is 2.47 bits per heavy atom. The van der Waals surface area contributed by atoms with Crippen LogP contribution in [0.15, 0.2) is 76.7 Å². The third-order valence-corrected chi connectivity index (χ3v) is 6.95. The second kappa shape index (κ2) is 9.74. The van der Waals surface area contributed by atoms with Crippen molar-refractivity contribution in [1.29, 1.82) is 0 Å². The van der Waals surface area contributed by atoms with Gasteiger partial charge in [0.2, 0.25) is 0 Å². The number of hydrogen-bond acceptors (Lipinski definition) is 6. The SMILES string of the molecule is COc1ccc(NC(=O)c2ccc(N3CCC(C)=N3)cc2)cc1S(=O)(=O)Nc1ccccc1Cl. The number of nitrogens with zero attached hydrogens (tertiary/aromatic N) is 2. The summed E-state index contributed by atoms with van der Waals surface area (Å²) in [6.45, 7) is 2.79. The van der Waals surface area contributed by atoms with Crippen LogP contribution in [0.1, 0.15) is 23.7 Å². The Morgan fingerprint density at radius 2 is 1.82 bits per heavy atom. The fraction of sp³-hybridized carbons (Fsp3) is 0.167. The Kier molecular flexibility index (Phi) is 6.76. The maximum Gasteiger partial charge on any atom is 0.265 e. The molecular weight excluding hydrogens is 476 g/mol. The fourth-order valence-corrected chi connectivity index (χ4v) is 4.97. The molecule has 10 heteroatoms. The summed E-state index contributed by atoms with van der Waals surface area (Å²) in [7, 11) is -2.68. The molecule has 1 aliphatic heterocycles. The molecule has 0 saturated heterocycles. The predicted molar refractivity (Wildman–Crippen MR) is 135 cm³/mol. The number of halogens is 1. The Morgan fingerprint density at radius 1 is 1.09 bits per heavy atom. The molecule has 0 fully saturated rings. The number of carbonyl (C=O) groups is 1. The van der Waals surface area contributed by atoms with Crippen molar-refractivity contribution in [2.45, 2.75) is 18.2 Å². The summed E-state index contributed by atoms with van der Waals surface area (Å²) in [6.07, 6.45) is 0.913. The second-order valence-electron chi connectivity index (χ2n) is 7.66. The lowest BCUT2D eigenvalue weighted by molar-refractivity contribution is 0.102. The summed E-state index contributed by atoms with van der Waals surface area (Å²) in [5.41, 5.74) is 2.93. The van der Waals surface area contributed by atoms with Crippen LogP contribution in [-0.4, -0.2) is 33.7 Å². The van der Waals surface area contributed by atoms with Crippen LogP contribution < -0.4 is 19.8 Å². The zero-order valence-corrected chi connectivity index (χ0v) is 20.2. The summed E-state index contributed by atoms with van der Waals surface area (Å²) in [6, 6.07) is 17.9. The number of nitrogens with one attached hydrogen (secondary N) is 2. The molecule has 1 heterocycles. The summed E-state index contributed by atoms with van der Waals surface area (Å²) in [5.74, 6) is -0.247. The van der Waals surface area contributed by atoms with E-state index in [1.807, 2.05) is 24.1 Å². The van der Waals surface area contributed by atoms with Crippen LogP contribution in [0.2, 0.25) is 5.02 Å². The zero-order valence-electron chi connectivity index (χ0n) is 18.6. The molecule has 0 radical (unpaired) electrons. The molecular formula is C24H23ClN4O4S. The van der Waals surface area contributed by atoms with E-state index in [2.05, 4.69) is 15.1 Å². The number of amides is 1. The number of sulfonamides is 1. The van der Waals surface area contributed by atoms with Gasteiger partial charge in [-0.2, -0.15) is 5.10 Å². The van der Waals surface area contributed by atoms with Gasteiger partial charge >= 0.3 is 0 Å². The molecule has 0 spiro atoms. The van der Waals surface area contributed by atoms with Crippen LogP contribution in [0, 0.1) is 0 Å². The zero-order chi connectivity index (χ0) is 24.3. The average molecular weight is 499 g/mol. The third-order valence-electron chi connectivity index (χ3n) is 5.23. The number of ether oxygens (including phenoxy) is 1. The monoisotopic (exact) mass is 498 g/mol. The van der Waals surface area contributed by atoms with Crippen LogP contribution in [0.3, 0.4) is 0 Å². The van der Waals surface area contributed by atoms with Gasteiger partial charge in [-0.15, -0.1) is 0 Å². The molecule has 0 aromatic heterocycles. The van der Waals surface area contributed by atoms with E-state index in [1.54, 1.807) is 42.5 Å². The number of carbonyl (C=O) groups excluding carboxylic acids is 1. The van der Waals surface area contributed by atoms with Crippen molar-refractivity contribution >= 4 is 50.3 Å². The highest BCUT2D eigenvalue weighted by atomic mass is 35.5. The molecule has 34 heavy (non-hydrogen) atoms. The number of methoxy groups -OCH3 is 1. The molecule has 0 bridgehead atoms. The van der Waals surface area contributed by atoms with E-state index >= 15 is 0 Å². The van der Waals surface area contributed by atoms with E-state index in [0.717, 1.165) is 24.4 Å². The van der Waals surface area contributed by atoms with Crippen LogP contribution in [0.25, 0.3) is 0 Å². The summed E-state index contributed by atoms with van der Waals surface area (Å²) in [5, 5.41) is 9.34. The Balaban J connectivity index is 1.54. The van der Waals surface area contributed by atoms with Gasteiger partial charge in [0.05, 0.1) is 23.5 Å². The highest BCUT2D eigenvalue weighted by molar-refractivity contribution is 7.92. The van der Waals surface area contributed by atoms with Crippen molar-refractivity contribution in [2.24, 2.45) is 5.10 Å². The number of benzene rings is 3. The molecule has 176 valence electrons. The van der Waals surface area contributed by atoms with Crippen LogP contribution in [0.5, 0.6) is 5.75 Å². The lowest BCUT2D eigenvalue weighted by Gasteiger charge is -2.15. The Labute approximate surface area is 203 Å². The molecule has 0 unspecified atom stereocenters. The van der Waals surface area contributed by atoms with Crippen molar-refractivity contribution in [3.63, 3.8) is 0 Å². The highest BCUT2D eigenvalue weighted by Crippen LogP contribution is 2.31. The summed E-state index contributed by atoms with van der Waals surface area (Å²) >= 11 is 6.09. The van der Waals surface area contributed by atoms with Crippen molar-refractivity contribution in [1.82, 2.24) is 0 Å². The standard InChI is InChI=1S/C24H23ClN4O4S/c1-16-13-14-29(27-16)19-10-7-17(8-11-19)24(30)26-18-9-12-22(33-2)23(15-18)34(31,32)28-21-6-4-3-5-20(21)25/h3-12,15,28H,13-14H2,1-2H3,(H,26,30). The molecule has 3 aromatic rings. The second-order valence-corrected chi connectivity index (χ2v) is 9.72. The molecule has 3 aromatic carbocycles. The maximum absolute atomic E-state index is 13.1. The first-order valence-electron chi connectivity index (χ1n) is 10.5. The van der Waals surface area contributed by atoms with Crippen molar-refractivity contribution in [2.75, 3.05) is 28.7 Å². The van der Waals surface area contributed by atoms with Gasteiger partial charge in [0.25, 0.3) is 15.9 Å². The van der Waals surface area contributed by atoms with E-state index in [4.69, 9.17) is 16.3 Å². The van der Waals surface area contributed by atoms with Gasteiger partial charge in [-0.1, -0.05) is 23.7 Å². The molecule has 0 atom stereocenters. The number of hydrazone groups is 1. The normalized spacial score (nSPS) is 13.4. The molecule has 2 N–H and O–H groups in total. The largest absolute Gasteiger partial charge is 0.495 e. The molecule has 0 aliphatic carbocycles. The summed E-state index contributed by atoms with van der Waals surface area (Å²) < 4.78 is 33.8. The van der Waals surface area contributed by atoms with Gasteiger partial charge in [0, 0.05) is 29.9 Å². The third kappa shape index (κ3) is 5.16. The maximum atomic E-state index is 13.1. The fourth-order valence-electron chi connectivity index (χ4n) is 3.46. The lowest BCUT2D eigenvalue weighted by Crippen LogP contribution is -2.16. The molecule has 0 saturated carbocycles. The number of para-hydroxylation sites is 1. The van der Waals surface area contributed by atoms with Crippen LogP contribution in [-0.2, 0) is 10.0 Å². The van der Waals surface area contributed by atoms with E-state index in [0.29, 0.717) is 11.3 Å². The first-order chi connectivity index (χ1) is 16.3. The Hall–Kier alpha value is -3.56. The van der Waals surface area contributed by atoms with E-state index in [9.17, 15) is 13.2 Å². The minimum atomic E-state index is -4.05. The topological polar surface area (TPSA) is 100 Å². The molecule has 8 nitrogen and oxygen atoms in total. The number of rotatable bonds is 7. The highest BCUT2D eigenvalue weighted by Gasteiger charge is 2.22. The first-order valence-corrected chi connectivity index (χ1v) is 12.3. The van der Waals surface area contributed by atoms with Crippen molar-refractivity contribution in [3.05, 3.63) is 77.3 Å². The summed E-state index contributed by atoms with van der Waals surface area (Å²) in [4.78, 5) is 12.6. The van der Waals surface area contributed by atoms with E-state index in [-0.39, 0.29) is 27.3 Å². The van der Waals surface area contributed by atoms with Crippen LogP contribution >= 0.6 is 11.6 Å². The van der Waals surface area contributed by atoms with E-state index in [1.165, 1.54) is 19.2 Å². The molecule has 1 aliphatic rings.